The van der Waals surface area contributed by atoms with E-state index < -0.39 is 18.8 Å². The van der Waals surface area contributed by atoms with Gasteiger partial charge in [0.1, 0.15) is 0 Å². The van der Waals surface area contributed by atoms with E-state index in [4.69, 9.17) is 5.11 Å². The smallest absolute Gasteiger partial charge is 0.382 e. The SMILES string of the molecule is Cl.OC(CNCc1cscn1)C(F)(F)F. The standard InChI is InChI=1S/C7H9F3N2OS.ClH/c8-7(9,10)6(13)2-11-1-5-3-14-4-12-5;/h3-4,6,11,13H,1-2H2;1H. The number of hydrogen-bond donors (Lipinski definition) is 2. The van der Waals surface area contributed by atoms with Crippen LogP contribution in [-0.2, 0) is 6.54 Å². The Hall–Kier alpha value is -0.370. The maximum Gasteiger partial charge on any atom is 0.415 e. The van der Waals surface area contributed by atoms with Crippen LogP contribution < -0.4 is 5.32 Å². The summed E-state index contributed by atoms with van der Waals surface area (Å²) in [5.41, 5.74) is 2.27. The van der Waals surface area contributed by atoms with Crippen molar-refractivity contribution in [2.24, 2.45) is 0 Å². The summed E-state index contributed by atoms with van der Waals surface area (Å²) >= 11 is 1.37. The van der Waals surface area contributed by atoms with Crippen LogP contribution in [0, 0.1) is 0 Å². The van der Waals surface area contributed by atoms with Crippen molar-refractivity contribution in [3.05, 3.63) is 16.6 Å². The molecule has 88 valence electrons. The summed E-state index contributed by atoms with van der Waals surface area (Å²) in [5, 5.41) is 12.8. The first kappa shape index (κ1) is 14.6. The summed E-state index contributed by atoms with van der Waals surface area (Å²) in [6, 6.07) is 0. The third kappa shape index (κ3) is 5.31. The number of thiazole rings is 1. The van der Waals surface area contributed by atoms with E-state index in [1.165, 1.54) is 11.3 Å². The molecule has 0 radical (unpaired) electrons. The Bertz CT molecular complexity index is 268. The molecule has 0 aliphatic rings. The number of nitrogens with zero attached hydrogens (tertiary/aromatic N) is 1. The third-order valence-electron chi connectivity index (χ3n) is 1.51. The molecule has 0 aromatic carbocycles. The van der Waals surface area contributed by atoms with Crippen LogP contribution in [0.4, 0.5) is 13.2 Å². The Morgan fingerprint density at radius 2 is 2.20 bits per heavy atom. The number of aliphatic hydroxyl groups excluding tert-OH is 1. The average Bonchev–Trinajstić information content (AvgIpc) is 2.55. The number of alkyl halides is 3. The molecule has 0 amide bonds. The molecule has 0 saturated carbocycles. The van der Waals surface area contributed by atoms with Crippen molar-refractivity contribution in [1.82, 2.24) is 10.3 Å². The fraction of sp³-hybridized carbons (Fsp3) is 0.571. The van der Waals surface area contributed by atoms with Crippen molar-refractivity contribution in [3.63, 3.8) is 0 Å². The van der Waals surface area contributed by atoms with Gasteiger partial charge in [0, 0.05) is 18.5 Å². The van der Waals surface area contributed by atoms with Gasteiger partial charge in [-0.05, 0) is 0 Å². The van der Waals surface area contributed by atoms with Gasteiger partial charge in [-0.3, -0.25) is 0 Å². The topological polar surface area (TPSA) is 45.1 Å². The van der Waals surface area contributed by atoms with Crippen molar-refractivity contribution in [1.29, 1.82) is 0 Å². The Balaban J connectivity index is 0.00000196. The zero-order valence-corrected chi connectivity index (χ0v) is 9.12. The molecule has 0 aliphatic heterocycles. The van der Waals surface area contributed by atoms with Crippen LogP contribution in [0.15, 0.2) is 10.9 Å². The highest BCUT2D eigenvalue weighted by atomic mass is 35.5. The Kier molecular flexibility index (Phi) is 6.11. The van der Waals surface area contributed by atoms with E-state index in [9.17, 15) is 13.2 Å². The molecule has 1 aromatic heterocycles. The van der Waals surface area contributed by atoms with Gasteiger partial charge in [-0.2, -0.15) is 13.2 Å². The minimum absolute atomic E-state index is 0. The molecule has 1 rings (SSSR count). The Morgan fingerprint density at radius 1 is 1.53 bits per heavy atom. The summed E-state index contributed by atoms with van der Waals surface area (Å²) in [6.45, 7) is -0.280. The fourth-order valence-electron chi connectivity index (χ4n) is 0.778. The molecule has 0 spiro atoms. The lowest BCUT2D eigenvalue weighted by Gasteiger charge is -2.14. The van der Waals surface area contributed by atoms with E-state index in [2.05, 4.69) is 10.3 Å². The van der Waals surface area contributed by atoms with Gasteiger partial charge in [0.05, 0.1) is 11.2 Å². The first-order valence-corrected chi connectivity index (χ1v) is 4.77. The predicted molar refractivity (Wildman–Crippen MR) is 53.1 cm³/mol. The van der Waals surface area contributed by atoms with Gasteiger partial charge in [-0.15, -0.1) is 23.7 Å². The van der Waals surface area contributed by atoms with Crippen molar-refractivity contribution in [3.8, 4) is 0 Å². The van der Waals surface area contributed by atoms with Gasteiger partial charge in [-0.25, -0.2) is 4.98 Å². The highest BCUT2D eigenvalue weighted by Crippen LogP contribution is 2.19. The van der Waals surface area contributed by atoms with Crippen LogP contribution in [0.3, 0.4) is 0 Å². The zero-order chi connectivity index (χ0) is 10.6. The van der Waals surface area contributed by atoms with Crippen LogP contribution in [0.25, 0.3) is 0 Å². The monoisotopic (exact) mass is 262 g/mol. The van der Waals surface area contributed by atoms with Crippen LogP contribution in [0.1, 0.15) is 5.69 Å². The third-order valence-corrected chi connectivity index (χ3v) is 2.14. The number of halogens is 4. The molecule has 0 fully saturated rings. The number of aromatic nitrogens is 1. The highest BCUT2D eigenvalue weighted by Gasteiger charge is 2.37. The van der Waals surface area contributed by atoms with E-state index in [0.29, 0.717) is 5.69 Å². The maximum atomic E-state index is 11.8. The summed E-state index contributed by atoms with van der Waals surface area (Å²) in [5.74, 6) is 0. The Morgan fingerprint density at radius 3 is 2.67 bits per heavy atom. The summed E-state index contributed by atoms with van der Waals surface area (Å²) in [7, 11) is 0. The fourth-order valence-corrected chi connectivity index (χ4v) is 1.34. The lowest BCUT2D eigenvalue weighted by Crippen LogP contribution is -2.38. The quantitative estimate of drug-likeness (QED) is 0.866. The first-order chi connectivity index (χ1) is 6.50. The molecule has 8 heteroatoms. The van der Waals surface area contributed by atoms with E-state index in [0.717, 1.165) is 0 Å². The molecule has 15 heavy (non-hydrogen) atoms. The van der Waals surface area contributed by atoms with E-state index >= 15 is 0 Å². The maximum absolute atomic E-state index is 11.8. The van der Waals surface area contributed by atoms with Gasteiger partial charge in [0.15, 0.2) is 6.10 Å². The van der Waals surface area contributed by atoms with E-state index in [1.807, 2.05) is 0 Å². The molecule has 0 bridgehead atoms. The average molecular weight is 263 g/mol. The minimum Gasteiger partial charge on any atom is -0.382 e. The minimum atomic E-state index is -4.56. The lowest BCUT2D eigenvalue weighted by molar-refractivity contribution is -0.201. The van der Waals surface area contributed by atoms with Crippen LogP contribution in [0.5, 0.6) is 0 Å². The molecule has 0 aliphatic carbocycles. The lowest BCUT2D eigenvalue weighted by atomic mass is 10.3. The number of hydrogen-bond acceptors (Lipinski definition) is 4. The molecule has 2 N–H and O–H groups in total. The predicted octanol–water partition coefficient (Wildman–Crippen LogP) is 1.58. The first-order valence-electron chi connectivity index (χ1n) is 3.82. The second-order valence-electron chi connectivity index (χ2n) is 2.67. The van der Waals surface area contributed by atoms with Crippen LogP contribution in [0.2, 0.25) is 0 Å². The van der Waals surface area contributed by atoms with Crippen molar-refractivity contribution >= 4 is 23.7 Å². The molecule has 3 nitrogen and oxygen atoms in total. The normalized spacial score (nSPS) is 13.3. The summed E-state index contributed by atoms with van der Waals surface area (Å²) < 4.78 is 35.4. The molecule has 1 heterocycles. The number of nitrogens with one attached hydrogen (secondary N) is 1. The molecule has 1 unspecified atom stereocenters. The largest absolute Gasteiger partial charge is 0.415 e. The number of rotatable bonds is 4. The van der Waals surface area contributed by atoms with Gasteiger partial charge >= 0.3 is 6.18 Å². The van der Waals surface area contributed by atoms with Gasteiger partial charge < -0.3 is 10.4 Å². The second kappa shape index (κ2) is 6.26. The molecular formula is C7H10ClF3N2OS. The highest BCUT2D eigenvalue weighted by molar-refractivity contribution is 7.07. The van der Waals surface area contributed by atoms with Crippen molar-refractivity contribution in [2.45, 2.75) is 18.8 Å². The molecule has 0 saturated heterocycles. The second-order valence-corrected chi connectivity index (χ2v) is 3.39. The van der Waals surface area contributed by atoms with Crippen molar-refractivity contribution < 1.29 is 18.3 Å². The molecule has 1 aromatic rings. The van der Waals surface area contributed by atoms with E-state index in [1.54, 1.807) is 10.9 Å². The van der Waals surface area contributed by atoms with Crippen LogP contribution >= 0.6 is 23.7 Å². The van der Waals surface area contributed by atoms with Gasteiger partial charge in [-0.1, -0.05) is 0 Å². The van der Waals surface area contributed by atoms with Gasteiger partial charge in [0.2, 0.25) is 0 Å². The zero-order valence-electron chi connectivity index (χ0n) is 7.49. The number of aliphatic hydroxyl groups is 1. The summed E-state index contributed by atoms with van der Waals surface area (Å²) in [6.07, 6.45) is -6.88. The van der Waals surface area contributed by atoms with Crippen molar-refractivity contribution in [2.75, 3.05) is 6.54 Å². The molecule has 1 atom stereocenters. The van der Waals surface area contributed by atoms with E-state index in [-0.39, 0.29) is 19.0 Å². The summed E-state index contributed by atoms with van der Waals surface area (Å²) in [4.78, 5) is 3.87. The van der Waals surface area contributed by atoms with Gasteiger partial charge in [0.25, 0.3) is 0 Å². The Labute approximate surface area is 94.7 Å². The molecular weight excluding hydrogens is 253 g/mol. The van der Waals surface area contributed by atoms with Crippen LogP contribution in [-0.4, -0.2) is 28.9 Å².